The van der Waals surface area contributed by atoms with Crippen molar-refractivity contribution in [3.63, 3.8) is 0 Å². The predicted octanol–water partition coefficient (Wildman–Crippen LogP) is 5.87. The summed E-state index contributed by atoms with van der Waals surface area (Å²) in [6.07, 6.45) is -0.215. The van der Waals surface area contributed by atoms with Gasteiger partial charge in [-0.2, -0.15) is 13.2 Å². The molecule has 0 radical (unpaired) electrons. The molecule has 0 saturated heterocycles. The minimum Gasteiger partial charge on any atom is -0.496 e. The summed E-state index contributed by atoms with van der Waals surface area (Å²) < 4.78 is 46.2. The van der Waals surface area contributed by atoms with Gasteiger partial charge in [-0.15, -0.1) is 11.8 Å². The van der Waals surface area contributed by atoms with Gasteiger partial charge >= 0.3 is 6.18 Å². The highest BCUT2D eigenvalue weighted by Crippen LogP contribution is 2.42. The first kappa shape index (κ1) is 20.6. The summed E-state index contributed by atoms with van der Waals surface area (Å²) >= 11 is 1.57. The van der Waals surface area contributed by atoms with Gasteiger partial charge < -0.3 is 15.5 Å². The SMILES string of the molecule is COc1ccc(SC)cc1-c1[nH]c2c(C(F)(F)F)cccc2c1CCCCN. The average Bonchev–Trinajstić information content (AvgIpc) is 3.05. The van der Waals surface area contributed by atoms with Crippen molar-refractivity contribution >= 4 is 22.7 Å². The zero-order chi connectivity index (χ0) is 20.3. The maximum atomic E-state index is 13.6. The number of unbranched alkanes of at least 4 members (excludes halogenated alkanes) is 1. The largest absolute Gasteiger partial charge is 0.496 e. The third-order valence-electron chi connectivity index (χ3n) is 4.80. The van der Waals surface area contributed by atoms with E-state index < -0.39 is 11.7 Å². The Morgan fingerprint density at radius 1 is 1.14 bits per heavy atom. The van der Waals surface area contributed by atoms with Crippen LogP contribution < -0.4 is 10.5 Å². The lowest BCUT2D eigenvalue weighted by Gasteiger charge is -2.11. The number of halogens is 3. The van der Waals surface area contributed by atoms with Crippen molar-refractivity contribution in [2.45, 2.75) is 30.3 Å². The molecule has 0 aliphatic carbocycles. The van der Waals surface area contributed by atoms with Crippen LogP contribution >= 0.6 is 11.8 Å². The molecule has 0 amide bonds. The summed E-state index contributed by atoms with van der Waals surface area (Å²) in [7, 11) is 1.56. The van der Waals surface area contributed by atoms with Crippen LogP contribution in [0.3, 0.4) is 0 Å². The highest BCUT2D eigenvalue weighted by Gasteiger charge is 2.34. The Morgan fingerprint density at radius 2 is 1.93 bits per heavy atom. The monoisotopic (exact) mass is 408 g/mol. The minimum atomic E-state index is -4.43. The quantitative estimate of drug-likeness (QED) is 0.380. The summed E-state index contributed by atoms with van der Waals surface area (Å²) in [5.41, 5.74) is 7.38. The lowest BCUT2D eigenvalue weighted by molar-refractivity contribution is -0.136. The molecule has 0 aliphatic rings. The maximum Gasteiger partial charge on any atom is 0.418 e. The molecule has 7 heteroatoms. The van der Waals surface area contributed by atoms with Crippen LogP contribution in [0.2, 0.25) is 0 Å². The van der Waals surface area contributed by atoms with Crippen LogP contribution in [0.15, 0.2) is 41.3 Å². The van der Waals surface area contributed by atoms with E-state index in [1.54, 1.807) is 24.9 Å². The van der Waals surface area contributed by atoms with Crippen molar-refractivity contribution < 1.29 is 17.9 Å². The number of H-pyrrole nitrogens is 1. The second-order valence-corrected chi connectivity index (χ2v) is 7.40. The van der Waals surface area contributed by atoms with Crippen LogP contribution in [-0.2, 0) is 12.6 Å². The third-order valence-corrected chi connectivity index (χ3v) is 5.53. The summed E-state index contributed by atoms with van der Waals surface area (Å²) in [6, 6.07) is 10.1. The molecule has 150 valence electrons. The molecule has 3 rings (SSSR count). The van der Waals surface area contributed by atoms with Crippen LogP contribution in [0.25, 0.3) is 22.2 Å². The van der Waals surface area contributed by atoms with E-state index in [2.05, 4.69) is 4.98 Å². The molecule has 0 saturated carbocycles. The summed E-state index contributed by atoms with van der Waals surface area (Å²) in [5.74, 6) is 0.623. The van der Waals surface area contributed by atoms with E-state index >= 15 is 0 Å². The van der Waals surface area contributed by atoms with Gasteiger partial charge in [0.2, 0.25) is 0 Å². The summed E-state index contributed by atoms with van der Waals surface area (Å²) in [4.78, 5) is 4.08. The van der Waals surface area contributed by atoms with Crippen molar-refractivity contribution in [3.05, 3.63) is 47.5 Å². The van der Waals surface area contributed by atoms with E-state index in [9.17, 15) is 13.2 Å². The van der Waals surface area contributed by atoms with Crippen molar-refractivity contribution in [1.29, 1.82) is 0 Å². The first-order chi connectivity index (χ1) is 13.4. The van der Waals surface area contributed by atoms with Gasteiger partial charge in [-0.05, 0) is 61.9 Å². The second kappa shape index (κ2) is 8.49. The summed E-state index contributed by atoms with van der Waals surface area (Å²) in [5, 5.41) is 0.596. The van der Waals surface area contributed by atoms with Crippen molar-refractivity contribution in [1.82, 2.24) is 4.98 Å². The van der Waals surface area contributed by atoms with Gasteiger partial charge in [-0.25, -0.2) is 0 Å². The van der Waals surface area contributed by atoms with Gasteiger partial charge in [0.15, 0.2) is 0 Å². The van der Waals surface area contributed by atoms with Gasteiger partial charge in [0.05, 0.1) is 23.9 Å². The molecule has 3 aromatic rings. The number of para-hydroxylation sites is 1. The normalized spacial score (nSPS) is 11.9. The number of nitrogens with two attached hydrogens (primary N) is 1. The molecule has 28 heavy (non-hydrogen) atoms. The highest BCUT2D eigenvalue weighted by molar-refractivity contribution is 7.98. The molecular weight excluding hydrogens is 385 g/mol. The van der Waals surface area contributed by atoms with Gasteiger partial charge in [-0.3, -0.25) is 0 Å². The molecule has 2 aromatic carbocycles. The van der Waals surface area contributed by atoms with E-state index in [-0.39, 0.29) is 5.52 Å². The number of aryl methyl sites for hydroxylation is 1. The lowest BCUT2D eigenvalue weighted by Crippen LogP contribution is -2.05. The molecule has 0 unspecified atom stereocenters. The molecule has 0 atom stereocenters. The fourth-order valence-corrected chi connectivity index (χ4v) is 3.89. The number of alkyl halides is 3. The summed E-state index contributed by atoms with van der Waals surface area (Å²) in [6.45, 7) is 0.552. The Kier molecular flexibility index (Phi) is 6.25. The Hall–Kier alpha value is -2.12. The van der Waals surface area contributed by atoms with Gasteiger partial charge in [0.1, 0.15) is 5.75 Å². The van der Waals surface area contributed by atoms with Gasteiger partial charge in [-0.1, -0.05) is 12.1 Å². The van der Waals surface area contributed by atoms with Crippen LogP contribution in [0, 0.1) is 0 Å². The molecular formula is C21H23F3N2OS. The lowest BCUT2D eigenvalue weighted by atomic mass is 9.99. The first-order valence-corrected chi connectivity index (χ1v) is 10.3. The standard InChI is InChI=1S/C21H23F3N2OS/c1-27-18-10-9-13(28-2)12-16(18)19-14(6-3-4-11-25)15-7-5-8-17(20(15)26-19)21(22,23)24/h5,7-10,12,26H,3-4,6,11,25H2,1-2H3. The molecule has 0 aliphatic heterocycles. The third kappa shape index (κ3) is 4.00. The van der Waals surface area contributed by atoms with Crippen molar-refractivity contribution in [2.24, 2.45) is 5.73 Å². The van der Waals surface area contributed by atoms with Crippen molar-refractivity contribution in [3.8, 4) is 17.0 Å². The van der Waals surface area contributed by atoms with E-state index in [1.807, 2.05) is 24.5 Å². The number of aromatic nitrogens is 1. The average molecular weight is 408 g/mol. The zero-order valence-corrected chi connectivity index (χ0v) is 16.6. The van der Waals surface area contributed by atoms with Gasteiger partial charge in [0, 0.05) is 15.8 Å². The number of nitrogens with one attached hydrogen (secondary N) is 1. The first-order valence-electron chi connectivity index (χ1n) is 9.04. The molecule has 0 spiro atoms. The number of hydrogen-bond acceptors (Lipinski definition) is 3. The van der Waals surface area contributed by atoms with E-state index in [0.717, 1.165) is 34.9 Å². The Bertz CT molecular complexity index is 966. The molecule has 3 N–H and O–H groups in total. The Balaban J connectivity index is 2.28. The van der Waals surface area contributed by atoms with Gasteiger partial charge in [0.25, 0.3) is 0 Å². The fraction of sp³-hybridized carbons (Fsp3) is 0.333. The number of hydrogen-bond donors (Lipinski definition) is 2. The minimum absolute atomic E-state index is 0.115. The zero-order valence-electron chi connectivity index (χ0n) is 15.8. The number of aromatic amines is 1. The number of thioether (sulfide) groups is 1. The van der Waals surface area contributed by atoms with E-state index in [1.165, 1.54) is 6.07 Å². The van der Waals surface area contributed by atoms with E-state index in [4.69, 9.17) is 10.5 Å². The highest BCUT2D eigenvalue weighted by atomic mass is 32.2. The van der Waals surface area contributed by atoms with Crippen LogP contribution in [0.4, 0.5) is 13.2 Å². The molecule has 3 nitrogen and oxygen atoms in total. The Labute approximate surface area is 166 Å². The number of rotatable bonds is 7. The fourth-order valence-electron chi connectivity index (χ4n) is 3.45. The molecule has 0 fully saturated rings. The Morgan fingerprint density at radius 3 is 2.57 bits per heavy atom. The molecule has 0 bridgehead atoms. The van der Waals surface area contributed by atoms with Crippen LogP contribution in [0.5, 0.6) is 5.75 Å². The molecule has 1 heterocycles. The topological polar surface area (TPSA) is 51.0 Å². The van der Waals surface area contributed by atoms with Crippen LogP contribution in [0.1, 0.15) is 24.0 Å². The number of fused-ring (bicyclic) bond motifs is 1. The smallest absolute Gasteiger partial charge is 0.418 e. The number of benzene rings is 2. The predicted molar refractivity (Wildman–Crippen MR) is 109 cm³/mol. The van der Waals surface area contributed by atoms with E-state index in [0.29, 0.717) is 29.8 Å². The second-order valence-electron chi connectivity index (χ2n) is 6.52. The number of ether oxygens (including phenoxy) is 1. The van der Waals surface area contributed by atoms with Crippen LogP contribution in [-0.4, -0.2) is 24.9 Å². The molecule has 1 aromatic heterocycles. The van der Waals surface area contributed by atoms with Crippen molar-refractivity contribution in [2.75, 3.05) is 19.9 Å². The maximum absolute atomic E-state index is 13.6. The number of methoxy groups -OCH3 is 1.